The molecule has 2 heterocycles. The van der Waals surface area contributed by atoms with E-state index in [9.17, 15) is 0 Å². The quantitative estimate of drug-likeness (QED) is 0.604. The van der Waals surface area contributed by atoms with Gasteiger partial charge in [-0.15, -0.1) is 10.2 Å². The van der Waals surface area contributed by atoms with Crippen molar-refractivity contribution >= 4 is 0 Å². The second-order valence-electron chi connectivity index (χ2n) is 2.01. The first-order chi connectivity index (χ1) is 5.39. The fourth-order valence-corrected chi connectivity index (χ4v) is 0.530. The predicted octanol–water partition coefficient (Wildman–Crippen LogP) is 0.830. The monoisotopic (exact) mass is 150 g/mol. The molecular weight excluding hydrogens is 140 g/mol. The molecule has 0 fully saturated rings. The molecule has 0 aromatic carbocycles. The van der Waals surface area contributed by atoms with E-state index in [1.807, 2.05) is 31.6 Å². The molecule has 2 rings (SSSR count). The van der Waals surface area contributed by atoms with Gasteiger partial charge >= 0.3 is 0 Å². The number of aromatic nitrogens is 4. The molecule has 11 heavy (non-hydrogen) atoms. The topological polar surface area (TPSA) is 46.5 Å². The van der Waals surface area contributed by atoms with Crippen molar-refractivity contribution in [2.24, 2.45) is 7.05 Å². The van der Waals surface area contributed by atoms with E-state index in [0.29, 0.717) is 0 Å². The molecule has 2 aromatic heterocycles. The Morgan fingerprint density at radius 2 is 1.64 bits per heavy atom. The van der Waals surface area contributed by atoms with Gasteiger partial charge in [0.25, 0.3) is 0 Å². The Hall–Kier alpha value is -1.58. The molecule has 0 saturated heterocycles. The Balaban J connectivity index is 0.000000112. The second kappa shape index (κ2) is 4.27. The summed E-state index contributed by atoms with van der Waals surface area (Å²) in [5, 5.41) is 7.07. The third-order valence-electron chi connectivity index (χ3n) is 1.03. The zero-order valence-corrected chi connectivity index (χ0v) is 6.31. The van der Waals surface area contributed by atoms with E-state index >= 15 is 0 Å². The molecule has 0 amide bonds. The summed E-state index contributed by atoms with van der Waals surface area (Å²) in [4.78, 5) is 2.86. The summed E-state index contributed by atoms with van der Waals surface area (Å²) in [5.41, 5.74) is 0. The summed E-state index contributed by atoms with van der Waals surface area (Å²) < 4.78 is 1.78. The number of H-pyrrole nitrogens is 1. The fourth-order valence-electron chi connectivity index (χ4n) is 0.530. The van der Waals surface area contributed by atoms with E-state index in [0.717, 1.165) is 0 Å². The van der Waals surface area contributed by atoms with Crippen LogP contribution in [0.2, 0.25) is 0 Å². The Morgan fingerprint density at radius 1 is 1.09 bits per heavy atom. The molecule has 1 N–H and O–H groups in total. The predicted molar refractivity (Wildman–Crippen MR) is 41.8 cm³/mol. The van der Waals surface area contributed by atoms with Crippen LogP contribution >= 0.6 is 0 Å². The minimum Gasteiger partial charge on any atom is -0.368 e. The van der Waals surface area contributed by atoms with Gasteiger partial charge in [-0.1, -0.05) is 0 Å². The lowest BCUT2D eigenvalue weighted by Gasteiger charge is -1.74. The highest BCUT2D eigenvalue weighted by Crippen LogP contribution is 1.72. The van der Waals surface area contributed by atoms with E-state index in [-0.39, 0.29) is 0 Å². The first-order valence-electron chi connectivity index (χ1n) is 3.26. The van der Waals surface area contributed by atoms with Crippen LogP contribution in [0.15, 0.2) is 37.2 Å². The first-order valence-corrected chi connectivity index (χ1v) is 3.26. The fraction of sp³-hybridized carbons (Fsp3) is 0.143. The van der Waals surface area contributed by atoms with Gasteiger partial charge in [0.15, 0.2) is 0 Å². The molecule has 4 heteroatoms. The number of nitrogens with zero attached hydrogens (tertiary/aromatic N) is 3. The van der Waals surface area contributed by atoms with Gasteiger partial charge in [-0.3, -0.25) is 0 Å². The smallest absolute Gasteiger partial charge is 0.119 e. The van der Waals surface area contributed by atoms with Crippen LogP contribution < -0.4 is 0 Å². The maximum atomic E-state index is 3.53. The van der Waals surface area contributed by atoms with Crippen molar-refractivity contribution in [1.82, 2.24) is 19.7 Å². The third kappa shape index (κ3) is 3.20. The molecule has 0 spiro atoms. The van der Waals surface area contributed by atoms with Crippen molar-refractivity contribution in [3.05, 3.63) is 37.2 Å². The Labute approximate surface area is 64.9 Å². The normalized spacial score (nSPS) is 8.45. The van der Waals surface area contributed by atoms with Crippen molar-refractivity contribution in [2.75, 3.05) is 0 Å². The van der Waals surface area contributed by atoms with E-state index in [1.54, 1.807) is 17.2 Å². The molecule has 0 atom stereocenters. The summed E-state index contributed by atoms with van der Waals surface area (Å²) in [6, 6.07) is 3.89. The first kappa shape index (κ1) is 7.53. The summed E-state index contributed by atoms with van der Waals surface area (Å²) >= 11 is 0. The van der Waals surface area contributed by atoms with Gasteiger partial charge in [0, 0.05) is 19.4 Å². The average Bonchev–Trinajstić information content (AvgIpc) is 2.57. The number of hydrogen-bond acceptors (Lipinski definition) is 2. The van der Waals surface area contributed by atoms with E-state index in [4.69, 9.17) is 0 Å². The number of hydrogen-bond donors (Lipinski definition) is 1. The number of aromatic amines is 1. The van der Waals surface area contributed by atoms with E-state index in [1.165, 1.54) is 0 Å². The number of nitrogens with one attached hydrogen (secondary N) is 1. The van der Waals surface area contributed by atoms with Gasteiger partial charge in [0.2, 0.25) is 0 Å². The molecule has 0 radical (unpaired) electrons. The number of rotatable bonds is 0. The average molecular weight is 150 g/mol. The lowest BCUT2D eigenvalue weighted by molar-refractivity contribution is 0.910. The van der Waals surface area contributed by atoms with Crippen LogP contribution in [0.3, 0.4) is 0 Å². The van der Waals surface area contributed by atoms with E-state index in [2.05, 4.69) is 15.2 Å². The minimum absolute atomic E-state index is 1.64. The molecular formula is C7H10N4. The van der Waals surface area contributed by atoms with Gasteiger partial charge in [0.05, 0.1) is 0 Å². The van der Waals surface area contributed by atoms with Crippen LogP contribution in [-0.4, -0.2) is 19.7 Å². The standard InChI is InChI=1S/C4H5N.C3H5N3/c1-2-4-5-3-1;1-6-2-4-5-3-6/h1-5H;2-3H,1H3. The molecule has 0 bridgehead atoms. The SMILES string of the molecule is Cn1cnnc1.c1cc[nH]c1. The van der Waals surface area contributed by atoms with Crippen LogP contribution in [-0.2, 0) is 7.05 Å². The molecule has 0 aliphatic carbocycles. The zero-order chi connectivity index (χ0) is 7.94. The largest absolute Gasteiger partial charge is 0.368 e. The summed E-state index contributed by atoms with van der Waals surface area (Å²) in [6.07, 6.45) is 7.03. The summed E-state index contributed by atoms with van der Waals surface area (Å²) in [6.45, 7) is 0. The number of aryl methyl sites for hydroxylation is 1. The van der Waals surface area contributed by atoms with Gasteiger partial charge in [0.1, 0.15) is 12.7 Å². The third-order valence-corrected chi connectivity index (χ3v) is 1.03. The lowest BCUT2D eigenvalue weighted by atomic mass is 10.7. The van der Waals surface area contributed by atoms with Gasteiger partial charge < -0.3 is 9.55 Å². The minimum atomic E-state index is 1.64. The van der Waals surface area contributed by atoms with Gasteiger partial charge in [-0.05, 0) is 12.1 Å². The van der Waals surface area contributed by atoms with E-state index < -0.39 is 0 Å². The summed E-state index contributed by atoms with van der Waals surface area (Å²) in [5.74, 6) is 0. The highest BCUT2D eigenvalue weighted by atomic mass is 15.2. The molecule has 0 unspecified atom stereocenters. The van der Waals surface area contributed by atoms with Crippen molar-refractivity contribution in [2.45, 2.75) is 0 Å². The van der Waals surface area contributed by atoms with Crippen molar-refractivity contribution in [3.63, 3.8) is 0 Å². The highest BCUT2D eigenvalue weighted by Gasteiger charge is 1.70. The van der Waals surface area contributed by atoms with Gasteiger partial charge in [-0.25, -0.2) is 0 Å². The molecule has 0 aliphatic rings. The maximum Gasteiger partial charge on any atom is 0.119 e. The molecule has 0 aliphatic heterocycles. The van der Waals surface area contributed by atoms with Crippen molar-refractivity contribution in [3.8, 4) is 0 Å². The lowest BCUT2D eigenvalue weighted by Crippen LogP contribution is -1.76. The Morgan fingerprint density at radius 3 is 1.82 bits per heavy atom. The summed E-state index contributed by atoms with van der Waals surface area (Å²) in [7, 11) is 1.88. The van der Waals surface area contributed by atoms with Crippen LogP contribution in [0, 0.1) is 0 Å². The van der Waals surface area contributed by atoms with Crippen LogP contribution in [0.25, 0.3) is 0 Å². The van der Waals surface area contributed by atoms with Crippen molar-refractivity contribution < 1.29 is 0 Å². The highest BCUT2D eigenvalue weighted by molar-refractivity contribution is 4.84. The molecule has 4 nitrogen and oxygen atoms in total. The Bertz CT molecular complexity index is 229. The molecule has 58 valence electrons. The van der Waals surface area contributed by atoms with Crippen LogP contribution in [0.1, 0.15) is 0 Å². The molecule has 0 saturated carbocycles. The van der Waals surface area contributed by atoms with Crippen molar-refractivity contribution in [1.29, 1.82) is 0 Å². The zero-order valence-electron chi connectivity index (χ0n) is 6.31. The van der Waals surface area contributed by atoms with Gasteiger partial charge in [-0.2, -0.15) is 0 Å². The van der Waals surface area contributed by atoms with Crippen LogP contribution in [0.5, 0.6) is 0 Å². The maximum absolute atomic E-state index is 3.53. The molecule has 2 aromatic rings. The van der Waals surface area contributed by atoms with Crippen LogP contribution in [0.4, 0.5) is 0 Å². The second-order valence-corrected chi connectivity index (χ2v) is 2.01. The Kier molecular flexibility index (Phi) is 2.92.